The number of likely N-dealkylation sites (N-methyl/N-ethyl adjacent to an activating group) is 1. The van der Waals surface area contributed by atoms with Crippen LogP contribution < -0.4 is 5.32 Å². The summed E-state index contributed by atoms with van der Waals surface area (Å²) in [7, 11) is 1.59. The highest BCUT2D eigenvalue weighted by Crippen LogP contribution is 1.84. The van der Waals surface area contributed by atoms with E-state index in [2.05, 4.69) is 17.9 Å². The average molecular weight is 251 g/mol. The van der Waals surface area contributed by atoms with Crippen molar-refractivity contribution in [2.45, 2.75) is 6.04 Å². The summed E-state index contributed by atoms with van der Waals surface area (Å²) in [6.45, 7) is 0. The second-order valence-electron chi connectivity index (χ2n) is 2.37. The zero-order chi connectivity index (χ0) is 13.1. The molecule has 0 aliphatic rings. The van der Waals surface area contributed by atoms with Crippen molar-refractivity contribution in [2.75, 3.05) is 12.8 Å². The third-order valence-electron chi connectivity index (χ3n) is 1.20. The Hall–Kier alpha value is -1.54. The van der Waals surface area contributed by atoms with Crippen LogP contribution in [0.3, 0.4) is 0 Å². The Morgan fingerprint density at radius 1 is 1.19 bits per heavy atom. The number of carboxylic acids is 3. The van der Waals surface area contributed by atoms with Crippen molar-refractivity contribution in [3.63, 3.8) is 0 Å². The Balaban J connectivity index is 0. The molecule has 8 heteroatoms. The number of carboxylic acid groups (broad SMARTS) is 3. The molecule has 0 aliphatic carbocycles. The quantitative estimate of drug-likeness (QED) is 0.323. The number of carbonyl (C=O) groups is 3. The van der Waals surface area contributed by atoms with Crippen molar-refractivity contribution in [1.82, 2.24) is 5.32 Å². The highest BCUT2D eigenvalue weighted by molar-refractivity contribution is 7.80. The van der Waals surface area contributed by atoms with Crippen LogP contribution in [0.5, 0.6) is 0 Å². The molecule has 0 radical (unpaired) electrons. The van der Waals surface area contributed by atoms with E-state index in [0.29, 0.717) is 17.9 Å². The highest BCUT2D eigenvalue weighted by atomic mass is 32.1. The van der Waals surface area contributed by atoms with E-state index in [9.17, 15) is 14.4 Å². The topological polar surface area (TPSA) is 124 Å². The van der Waals surface area contributed by atoms with E-state index in [1.807, 2.05) is 0 Å². The molecule has 0 spiro atoms. The van der Waals surface area contributed by atoms with Gasteiger partial charge in [0.15, 0.2) is 0 Å². The van der Waals surface area contributed by atoms with Crippen LogP contribution in [0.25, 0.3) is 0 Å². The van der Waals surface area contributed by atoms with Gasteiger partial charge in [-0.2, -0.15) is 12.6 Å². The van der Waals surface area contributed by atoms with Gasteiger partial charge in [-0.25, -0.2) is 9.59 Å². The van der Waals surface area contributed by atoms with E-state index in [1.165, 1.54) is 0 Å². The lowest BCUT2D eigenvalue weighted by atomic mass is 10.3. The Morgan fingerprint density at radius 3 is 1.62 bits per heavy atom. The van der Waals surface area contributed by atoms with E-state index in [-0.39, 0.29) is 0 Å². The Morgan fingerprint density at radius 2 is 1.56 bits per heavy atom. The van der Waals surface area contributed by atoms with Crippen molar-refractivity contribution < 1.29 is 29.7 Å². The van der Waals surface area contributed by atoms with Crippen LogP contribution in [-0.4, -0.2) is 52.1 Å². The Kier molecular flexibility index (Phi) is 10.5. The van der Waals surface area contributed by atoms with Crippen LogP contribution in [0.15, 0.2) is 12.2 Å². The van der Waals surface area contributed by atoms with Gasteiger partial charge in [0.05, 0.1) is 0 Å². The summed E-state index contributed by atoms with van der Waals surface area (Å²) < 4.78 is 0. The number of thiol groups is 1. The summed E-state index contributed by atoms with van der Waals surface area (Å²) in [4.78, 5) is 29.2. The average Bonchev–Trinajstić information content (AvgIpc) is 2.17. The summed E-state index contributed by atoms with van der Waals surface area (Å²) >= 11 is 3.79. The third-order valence-corrected chi connectivity index (χ3v) is 1.56. The molecule has 0 aromatic heterocycles. The minimum Gasteiger partial charge on any atom is -0.480 e. The minimum atomic E-state index is -1.26. The second-order valence-corrected chi connectivity index (χ2v) is 2.74. The third kappa shape index (κ3) is 12.5. The van der Waals surface area contributed by atoms with Crippen LogP contribution in [0.4, 0.5) is 0 Å². The molecule has 0 aromatic carbocycles. The van der Waals surface area contributed by atoms with E-state index in [1.54, 1.807) is 7.05 Å². The predicted octanol–water partition coefficient (Wildman–Crippen LogP) is -0.699. The van der Waals surface area contributed by atoms with Crippen LogP contribution in [-0.2, 0) is 14.4 Å². The fraction of sp³-hybridized carbons (Fsp3) is 0.375. The first-order valence-electron chi connectivity index (χ1n) is 4.00. The van der Waals surface area contributed by atoms with Crippen LogP contribution in [0.1, 0.15) is 0 Å². The molecule has 0 heterocycles. The van der Waals surface area contributed by atoms with Crippen molar-refractivity contribution in [3.8, 4) is 0 Å². The molecule has 0 unspecified atom stereocenters. The van der Waals surface area contributed by atoms with Crippen molar-refractivity contribution >= 4 is 30.5 Å². The van der Waals surface area contributed by atoms with E-state index in [4.69, 9.17) is 15.3 Å². The first-order valence-corrected chi connectivity index (χ1v) is 4.63. The zero-order valence-electron chi connectivity index (χ0n) is 8.45. The van der Waals surface area contributed by atoms with Gasteiger partial charge in [-0.3, -0.25) is 4.79 Å². The first kappa shape index (κ1) is 16.9. The standard InChI is InChI=1S/C4H9NO2S.C4H4O4/c1-5-3(2-8)4(6)7;5-3(6)1-2-4(7)8/h3,5,8H,2H2,1H3,(H,6,7);1-2H,(H,5,6)(H,7,8)/b;2-1-/t3-;/m0./s1. The van der Waals surface area contributed by atoms with E-state index >= 15 is 0 Å². The zero-order valence-corrected chi connectivity index (χ0v) is 9.35. The fourth-order valence-electron chi connectivity index (χ4n) is 0.435. The summed E-state index contributed by atoms with van der Waals surface area (Å²) in [6, 6.07) is -0.515. The summed E-state index contributed by atoms with van der Waals surface area (Å²) in [5.74, 6) is -3.05. The molecule has 0 saturated heterocycles. The Labute approximate surface area is 97.2 Å². The predicted molar refractivity (Wildman–Crippen MR) is 58.7 cm³/mol. The largest absolute Gasteiger partial charge is 0.480 e. The fourth-order valence-corrected chi connectivity index (χ4v) is 0.774. The molecule has 16 heavy (non-hydrogen) atoms. The second kappa shape index (κ2) is 9.99. The van der Waals surface area contributed by atoms with Crippen molar-refractivity contribution in [1.29, 1.82) is 0 Å². The molecule has 7 nitrogen and oxygen atoms in total. The lowest BCUT2D eigenvalue weighted by Gasteiger charge is -2.04. The summed E-state index contributed by atoms with van der Waals surface area (Å²) in [6.07, 6.45) is 1.12. The summed E-state index contributed by atoms with van der Waals surface area (Å²) in [5, 5.41) is 26.5. The van der Waals surface area contributed by atoms with Gasteiger partial charge in [-0.1, -0.05) is 0 Å². The normalized spacial score (nSPS) is 11.4. The molecule has 0 bridgehead atoms. The van der Waals surface area contributed by atoms with Crippen molar-refractivity contribution in [3.05, 3.63) is 12.2 Å². The molecule has 92 valence electrons. The van der Waals surface area contributed by atoms with Crippen LogP contribution in [0.2, 0.25) is 0 Å². The lowest BCUT2D eigenvalue weighted by Crippen LogP contribution is -2.35. The molecule has 0 aliphatic heterocycles. The van der Waals surface area contributed by atoms with Gasteiger partial charge >= 0.3 is 17.9 Å². The van der Waals surface area contributed by atoms with Crippen LogP contribution >= 0.6 is 12.6 Å². The highest BCUT2D eigenvalue weighted by Gasteiger charge is 2.10. The van der Waals surface area contributed by atoms with Gasteiger partial charge in [-0.05, 0) is 7.05 Å². The molecule has 1 atom stereocenters. The van der Waals surface area contributed by atoms with Gasteiger partial charge in [0, 0.05) is 17.9 Å². The molecular weight excluding hydrogens is 238 g/mol. The lowest BCUT2D eigenvalue weighted by molar-refractivity contribution is -0.138. The first-order chi connectivity index (χ1) is 7.34. The maximum Gasteiger partial charge on any atom is 0.328 e. The maximum absolute atomic E-state index is 10.1. The number of nitrogens with one attached hydrogen (secondary N) is 1. The molecule has 4 N–H and O–H groups in total. The SMILES string of the molecule is CN[C@@H](CS)C(=O)O.O=C(O)/C=C\C(=O)O. The number of hydrogen-bond donors (Lipinski definition) is 5. The molecule has 0 saturated carbocycles. The number of hydrogen-bond acceptors (Lipinski definition) is 5. The van der Waals surface area contributed by atoms with Gasteiger partial charge in [0.2, 0.25) is 0 Å². The minimum absolute atomic E-state index is 0.325. The van der Waals surface area contributed by atoms with Gasteiger partial charge in [0.25, 0.3) is 0 Å². The number of rotatable bonds is 5. The molecular formula is C8H13NO6S. The number of aliphatic carboxylic acids is 3. The van der Waals surface area contributed by atoms with E-state index in [0.717, 1.165) is 0 Å². The van der Waals surface area contributed by atoms with E-state index < -0.39 is 23.9 Å². The smallest absolute Gasteiger partial charge is 0.328 e. The summed E-state index contributed by atoms with van der Waals surface area (Å²) in [5.41, 5.74) is 0. The maximum atomic E-state index is 10.1. The Bertz CT molecular complexity index is 258. The van der Waals surface area contributed by atoms with Gasteiger partial charge < -0.3 is 20.6 Å². The monoisotopic (exact) mass is 251 g/mol. The van der Waals surface area contributed by atoms with Gasteiger partial charge in [0.1, 0.15) is 6.04 Å². The molecule has 0 amide bonds. The molecule has 0 fully saturated rings. The van der Waals surface area contributed by atoms with Gasteiger partial charge in [-0.15, -0.1) is 0 Å². The molecule has 0 aromatic rings. The molecule has 0 rings (SSSR count). The van der Waals surface area contributed by atoms with Crippen molar-refractivity contribution in [2.24, 2.45) is 0 Å². The van der Waals surface area contributed by atoms with Crippen LogP contribution in [0, 0.1) is 0 Å².